The molecule has 0 aromatic heterocycles. The highest BCUT2D eigenvalue weighted by Gasteiger charge is 2.10. The zero-order valence-corrected chi connectivity index (χ0v) is 8.55. The van der Waals surface area contributed by atoms with Crippen LogP contribution < -0.4 is 5.73 Å². The van der Waals surface area contributed by atoms with Crippen molar-refractivity contribution in [3.63, 3.8) is 0 Å². The van der Waals surface area contributed by atoms with E-state index in [1.54, 1.807) is 0 Å². The van der Waals surface area contributed by atoms with Gasteiger partial charge in [-0.05, 0) is 6.92 Å². The molecule has 0 aromatic rings. The highest BCUT2D eigenvalue weighted by atomic mass is 16.5. The van der Waals surface area contributed by atoms with Crippen LogP contribution in [0.5, 0.6) is 0 Å². The van der Waals surface area contributed by atoms with E-state index < -0.39 is 0 Å². The molecule has 1 aliphatic rings. The van der Waals surface area contributed by atoms with Crippen LogP contribution in [0.15, 0.2) is 0 Å². The van der Waals surface area contributed by atoms with Crippen molar-refractivity contribution < 1.29 is 4.74 Å². The minimum Gasteiger partial charge on any atom is -0.379 e. The monoisotopic (exact) mass is 174 g/mol. The first-order valence-electron chi connectivity index (χ1n) is 4.84. The Hall–Kier alpha value is -0.120. The number of nitrogens with zero attached hydrogens (tertiary/aromatic N) is 1. The van der Waals surface area contributed by atoms with E-state index in [9.17, 15) is 0 Å². The zero-order chi connectivity index (χ0) is 9.40. The first-order valence-corrected chi connectivity index (χ1v) is 4.84. The molecule has 3 heteroatoms. The molecular formula is C9H22N2O. The van der Waals surface area contributed by atoms with Gasteiger partial charge in [0.05, 0.1) is 13.2 Å². The first kappa shape index (κ1) is 11.9. The fraction of sp³-hybridized carbons (Fsp3) is 1.00. The van der Waals surface area contributed by atoms with Crippen LogP contribution in [0.2, 0.25) is 0 Å². The number of hydrogen-bond donors (Lipinski definition) is 1. The maximum atomic E-state index is 5.64. The molecule has 1 rings (SSSR count). The van der Waals surface area contributed by atoms with E-state index in [1.807, 2.05) is 20.8 Å². The first-order chi connectivity index (χ1) is 5.79. The van der Waals surface area contributed by atoms with Crippen molar-refractivity contribution >= 4 is 0 Å². The third-order valence-corrected chi connectivity index (χ3v) is 1.65. The van der Waals surface area contributed by atoms with E-state index in [1.165, 1.54) is 0 Å². The molecule has 1 unspecified atom stereocenters. The van der Waals surface area contributed by atoms with Crippen molar-refractivity contribution in [2.45, 2.75) is 26.8 Å². The number of ether oxygens (including phenoxy) is 1. The SMILES string of the molecule is CC.CC(N)CN1CCOCC1. The molecule has 12 heavy (non-hydrogen) atoms. The smallest absolute Gasteiger partial charge is 0.0594 e. The van der Waals surface area contributed by atoms with E-state index in [0.29, 0.717) is 0 Å². The van der Waals surface area contributed by atoms with Gasteiger partial charge in [0.15, 0.2) is 0 Å². The van der Waals surface area contributed by atoms with Gasteiger partial charge in [0.2, 0.25) is 0 Å². The second-order valence-corrected chi connectivity index (χ2v) is 2.89. The Morgan fingerprint density at radius 2 is 1.83 bits per heavy atom. The molecule has 1 aliphatic heterocycles. The second kappa shape index (κ2) is 7.53. The molecule has 0 saturated carbocycles. The molecule has 1 heterocycles. The Bertz CT molecular complexity index is 90.5. The summed E-state index contributed by atoms with van der Waals surface area (Å²) in [5.41, 5.74) is 5.64. The standard InChI is InChI=1S/C7H16N2O.C2H6/c1-7(8)6-9-2-4-10-5-3-9;1-2/h7H,2-6,8H2,1H3;1-2H3. The number of nitrogens with two attached hydrogens (primary N) is 1. The summed E-state index contributed by atoms with van der Waals surface area (Å²) in [5, 5.41) is 0. The highest BCUT2D eigenvalue weighted by Crippen LogP contribution is 1.96. The minimum atomic E-state index is 0.290. The normalized spacial score (nSPS) is 21.0. The summed E-state index contributed by atoms with van der Waals surface area (Å²) >= 11 is 0. The summed E-state index contributed by atoms with van der Waals surface area (Å²) in [7, 11) is 0. The fourth-order valence-electron chi connectivity index (χ4n) is 1.19. The molecule has 0 radical (unpaired) electrons. The van der Waals surface area contributed by atoms with Gasteiger partial charge in [-0.15, -0.1) is 0 Å². The predicted octanol–water partition coefficient (Wildman–Crippen LogP) is 0.692. The molecule has 0 aromatic carbocycles. The largest absolute Gasteiger partial charge is 0.379 e. The van der Waals surface area contributed by atoms with Crippen LogP contribution in [0, 0.1) is 0 Å². The zero-order valence-electron chi connectivity index (χ0n) is 8.55. The molecule has 0 bridgehead atoms. The van der Waals surface area contributed by atoms with Crippen LogP contribution in [-0.2, 0) is 4.74 Å². The summed E-state index contributed by atoms with van der Waals surface area (Å²) in [6, 6.07) is 0.290. The van der Waals surface area contributed by atoms with Gasteiger partial charge >= 0.3 is 0 Å². The number of rotatable bonds is 2. The molecule has 74 valence electrons. The maximum Gasteiger partial charge on any atom is 0.0594 e. The topological polar surface area (TPSA) is 38.5 Å². The van der Waals surface area contributed by atoms with Crippen molar-refractivity contribution in [3.8, 4) is 0 Å². The molecular weight excluding hydrogens is 152 g/mol. The van der Waals surface area contributed by atoms with Gasteiger partial charge in [-0.25, -0.2) is 0 Å². The number of hydrogen-bond acceptors (Lipinski definition) is 3. The second-order valence-electron chi connectivity index (χ2n) is 2.89. The lowest BCUT2D eigenvalue weighted by Crippen LogP contribution is -2.42. The van der Waals surface area contributed by atoms with Crippen molar-refractivity contribution in [1.29, 1.82) is 0 Å². The van der Waals surface area contributed by atoms with Gasteiger partial charge in [-0.3, -0.25) is 4.90 Å². The molecule has 0 amide bonds. The van der Waals surface area contributed by atoms with E-state index in [-0.39, 0.29) is 6.04 Å². The summed E-state index contributed by atoms with van der Waals surface area (Å²) < 4.78 is 5.20. The maximum absolute atomic E-state index is 5.64. The summed E-state index contributed by atoms with van der Waals surface area (Å²) in [6.07, 6.45) is 0. The average molecular weight is 174 g/mol. The molecule has 1 fully saturated rings. The van der Waals surface area contributed by atoms with Crippen molar-refractivity contribution in [2.24, 2.45) is 5.73 Å². The van der Waals surface area contributed by atoms with Crippen LogP contribution in [0.4, 0.5) is 0 Å². The van der Waals surface area contributed by atoms with Gasteiger partial charge in [-0.1, -0.05) is 13.8 Å². The van der Waals surface area contributed by atoms with Crippen molar-refractivity contribution in [3.05, 3.63) is 0 Å². The van der Waals surface area contributed by atoms with Gasteiger partial charge < -0.3 is 10.5 Å². The fourth-order valence-corrected chi connectivity index (χ4v) is 1.19. The van der Waals surface area contributed by atoms with E-state index in [0.717, 1.165) is 32.8 Å². The molecule has 0 spiro atoms. The predicted molar refractivity (Wildman–Crippen MR) is 52.3 cm³/mol. The molecule has 2 N–H and O–H groups in total. The van der Waals surface area contributed by atoms with Crippen LogP contribution in [-0.4, -0.2) is 43.8 Å². The van der Waals surface area contributed by atoms with E-state index >= 15 is 0 Å². The minimum absolute atomic E-state index is 0.290. The molecule has 1 atom stereocenters. The van der Waals surface area contributed by atoms with Gasteiger partial charge in [0.1, 0.15) is 0 Å². The Morgan fingerprint density at radius 1 is 1.33 bits per heavy atom. The van der Waals surface area contributed by atoms with Crippen LogP contribution >= 0.6 is 0 Å². The average Bonchev–Trinajstić information content (AvgIpc) is 2.08. The lowest BCUT2D eigenvalue weighted by atomic mass is 10.3. The van der Waals surface area contributed by atoms with Gasteiger partial charge in [0, 0.05) is 25.7 Å². The Kier molecular flexibility index (Phi) is 7.45. The molecule has 0 aliphatic carbocycles. The summed E-state index contributed by atoms with van der Waals surface area (Å²) in [6.45, 7) is 10.9. The van der Waals surface area contributed by atoms with E-state index in [4.69, 9.17) is 10.5 Å². The highest BCUT2D eigenvalue weighted by molar-refractivity contribution is 4.66. The third-order valence-electron chi connectivity index (χ3n) is 1.65. The van der Waals surface area contributed by atoms with Gasteiger partial charge in [0.25, 0.3) is 0 Å². The summed E-state index contributed by atoms with van der Waals surface area (Å²) in [4.78, 5) is 2.34. The van der Waals surface area contributed by atoms with E-state index in [2.05, 4.69) is 4.90 Å². The van der Waals surface area contributed by atoms with Crippen LogP contribution in [0.3, 0.4) is 0 Å². The lowest BCUT2D eigenvalue weighted by molar-refractivity contribution is 0.0360. The van der Waals surface area contributed by atoms with Crippen molar-refractivity contribution in [1.82, 2.24) is 4.90 Å². The van der Waals surface area contributed by atoms with Crippen molar-refractivity contribution in [2.75, 3.05) is 32.8 Å². The molecule has 1 saturated heterocycles. The quantitative estimate of drug-likeness (QED) is 0.669. The Labute approximate surface area is 75.9 Å². The van der Waals surface area contributed by atoms with Crippen LogP contribution in [0.25, 0.3) is 0 Å². The van der Waals surface area contributed by atoms with Crippen LogP contribution in [0.1, 0.15) is 20.8 Å². The lowest BCUT2D eigenvalue weighted by Gasteiger charge is -2.27. The summed E-state index contributed by atoms with van der Waals surface area (Å²) in [5.74, 6) is 0. The third kappa shape index (κ3) is 5.52. The number of morpholine rings is 1. The molecule has 3 nitrogen and oxygen atoms in total. The Morgan fingerprint density at radius 3 is 2.25 bits per heavy atom. The van der Waals surface area contributed by atoms with Gasteiger partial charge in [-0.2, -0.15) is 0 Å². The Balaban J connectivity index is 0.000000561.